The van der Waals surface area contributed by atoms with Gasteiger partial charge in [0.05, 0.1) is 11.2 Å². The summed E-state index contributed by atoms with van der Waals surface area (Å²) in [4.78, 5) is 20.0. The molecule has 6 nitrogen and oxygen atoms in total. The lowest BCUT2D eigenvalue weighted by Gasteiger charge is -2.31. The summed E-state index contributed by atoms with van der Waals surface area (Å²) in [6.07, 6.45) is 8.65. The molecule has 1 saturated heterocycles. The first-order chi connectivity index (χ1) is 16.8. The van der Waals surface area contributed by atoms with Gasteiger partial charge in [-0.1, -0.05) is 29.8 Å². The number of hydrogen-bond donors (Lipinski definition) is 1. The minimum Gasteiger partial charge on any atom is -0.329 e. The van der Waals surface area contributed by atoms with Gasteiger partial charge in [0, 0.05) is 53.2 Å². The largest absolute Gasteiger partial charge is 0.329 e. The van der Waals surface area contributed by atoms with Crippen molar-refractivity contribution in [1.82, 2.24) is 25.0 Å². The molecule has 0 bridgehead atoms. The van der Waals surface area contributed by atoms with Gasteiger partial charge in [-0.2, -0.15) is 5.10 Å². The molecule has 35 heavy (non-hydrogen) atoms. The summed E-state index contributed by atoms with van der Waals surface area (Å²) < 4.78 is 2.16. The summed E-state index contributed by atoms with van der Waals surface area (Å²) in [5.74, 6) is 0. The molecule has 182 valence electrons. The van der Waals surface area contributed by atoms with E-state index in [1.54, 1.807) is 0 Å². The van der Waals surface area contributed by atoms with Crippen LogP contribution in [0.1, 0.15) is 62.0 Å². The molecule has 1 aromatic carbocycles. The number of aromatic nitrogens is 3. The van der Waals surface area contributed by atoms with Crippen molar-refractivity contribution in [3.63, 3.8) is 0 Å². The zero-order valence-electron chi connectivity index (χ0n) is 20.5. The van der Waals surface area contributed by atoms with E-state index in [1.807, 2.05) is 49.2 Å². The summed E-state index contributed by atoms with van der Waals surface area (Å²) in [7, 11) is 0. The van der Waals surface area contributed by atoms with Gasteiger partial charge in [-0.15, -0.1) is 0 Å². The molecule has 0 radical (unpaired) electrons. The van der Waals surface area contributed by atoms with Crippen LogP contribution in [0.15, 0.2) is 42.6 Å². The number of rotatable bonds is 3. The van der Waals surface area contributed by atoms with Crippen molar-refractivity contribution in [2.45, 2.75) is 69.9 Å². The fourth-order valence-corrected chi connectivity index (χ4v) is 6.54. The molecule has 1 atom stereocenters. The van der Waals surface area contributed by atoms with E-state index in [2.05, 4.69) is 22.1 Å². The number of urea groups is 1. The van der Waals surface area contributed by atoms with Gasteiger partial charge >= 0.3 is 6.03 Å². The Kier molecular flexibility index (Phi) is 5.40. The van der Waals surface area contributed by atoms with E-state index in [1.165, 1.54) is 29.8 Å². The normalized spacial score (nSPS) is 21.3. The number of hydrogen-bond acceptors (Lipinski definition) is 3. The molecule has 3 aliphatic rings. The summed E-state index contributed by atoms with van der Waals surface area (Å²) >= 11 is 6.42. The molecule has 2 aromatic heterocycles. The van der Waals surface area contributed by atoms with Crippen LogP contribution in [0.3, 0.4) is 0 Å². The van der Waals surface area contributed by atoms with Crippen LogP contribution in [0.5, 0.6) is 0 Å². The van der Waals surface area contributed by atoms with Crippen LogP contribution in [-0.4, -0.2) is 38.8 Å². The van der Waals surface area contributed by atoms with Crippen LogP contribution in [0.25, 0.3) is 11.3 Å². The number of halogens is 1. The number of nitrogens with one attached hydrogen (secondary N) is 1. The maximum Gasteiger partial charge on any atom is 0.318 e. The Bertz CT molecular complexity index is 1300. The Hall–Kier alpha value is -2.86. The minimum absolute atomic E-state index is 0.0290. The van der Waals surface area contributed by atoms with Gasteiger partial charge in [-0.25, -0.2) is 4.79 Å². The number of carbonyl (C=O) groups is 1. The second kappa shape index (κ2) is 8.37. The highest BCUT2D eigenvalue weighted by Gasteiger charge is 2.47. The van der Waals surface area contributed by atoms with Gasteiger partial charge < -0.3 is 10.2 Å². The summed E-state index contributed by atoms with van der Waals surface area (Å²) in [6, 6.07) is 12.2. The van der Waals surface area contributed by atoms with E-state index < -0.39 is 5.54 Å². The van der Waals surface area contributed by atoms with Crippen molar-refractivity contribution in [2.75, 3.05) is 13.1 Å². The van der Waals surface area contributed by atoms with E-state index in [0.29, 0.717) is 11.6 Å². The first kappa shape index (κ1) is 22.6. The number of fused-ring (bicyclic) bond motifs is 3. The average molecular weight is 490 g/mol. The van der Waals surface area contributed by atoms with E-state index >= 15 is 0 Å². The van der Waals surface area contributed by atoms with Gasteiger partial charge in [-0.05, 0) is 81.7 Å². The number of aryl methyl sites for hydroxylation is 3. The van der Waals surface area contributed by atoms with Crippen molar-refractivity contribution in [2.24, 2.45) is 0 Å². The molecule has 2 aliphatic heterocycles. The molecule has 7 heteroatoms. The third-order valence-corrected chi connectivity index (χ3v) is 8.53. The van der Waals surface area contributed by atoms with Gasteiger partial charge in [0.15, 0.2) is 0 Å². The molecule has 4 heterocycles. The lowest BCUT2D eigenvalue weighted by atomic mass is 9.82. The smallest absolute Gasteiger partial charge is 0.318 e. The van der Waals surface area contributed by atoms with Gasteiger partial charge in [-0.3, -0.25) is 9.67 Å². The predicted octanol–water partition coefficient (Wildman–Crippen LogP) is 5.47. The molecule has 1 aliphatic carbocycles. The Morgan fingerprint density at radius 2 is 1.91 bits per heavy atom. The fraction of sp³-hybridized carbons (Fsp3) is 0.464. The van der Waals surface area contributed by atoms with Gasteiger partial charge in [0.1, 0.15) is 0 Å². The summed E-state index contributed by atoms with van der Waals surface area (Å²) in [6.45, 7) is 6.35. The summed E-state index contributed by atoms with van der Waals surface area (Å²) in [5.41, 5.74) is 6.33. The predicted molar refractivity (Wildman–Crippen MR) is 138 cm³/mol. The van der Waals surface area contributed by atoms with Crippen LogP contribution in [0.4, 0.5) is 4.79 Å². The highest BCUT2D eigenvalue weighted by molar-refractivity contribution is 6.31. The zero-order valence-corrected chi connectivity index (χ0v) is 21.2. The van der Waals surface area contributed by atoms with E-state index in [0.717, 1.165) is 55.6 Å². The molecule has 3 aromatic rings. The second-order valence-electron chi connectivity index (χ2n) is 10.9. The lowest BCUT2D eigenvalue weighted by molar-refractivity contribution is 0.194. The van der Waals surface area contributed by atoms with E-state index in [9.17, 15) is 4.79 Å². The Balaban J connectivity index is 1.20. The maximum absolute atomic E-state index is 13.3. The monoisotopic (exact) mass is 489 g/mol. The number of pyridine rings is 1. The Morgan fingerprint density at radius 3 is 2.77 bits per heavy atom. The van der Waals surface area contributed by atoms with Crippen molar-refractivity contribution in [3.05, 3.63) is 70.1 Å². The molecule has 0 saturated carbocycles. The molecule has 1 N–H and O–H groups in total. The van der Waals surface area contributed by atoms with Crippen molar-refractivity contribution in [3.8, 4) is 11.3 Å². The minimum atomic E-state index is -0.560. The molecular formula is C28H32ClN5O. The third kappa shape index (κ3) is 3.92. The third-order valence-electron chi connectivity index (χ3n) is 8.20. The van der Waals surface area contributed by atoms with Crippen molar-refractivity contribution in [1.29, 1.82) is 0 Å². The maximum atomic E-state index is 13.3. The van der Waals surface area contributed by atoms with Crippen LogP contribution >= 0.6 is 11.6 Å². The van der Waals surface area contributed by atoms with Crippen molar-refractivity contribution < 1.29 is 4.79 Å². The van der Waals surface area contributed by atoms with Crippen LogP contribution in [-0.2, 0) is 30.3 Å². The number of nitrogens with zero attached hydrogens (tertiary/aromatic N) is 4. The molecular weight excluding hydrogens is 458 g/mol. The highest BCUT2D eigenvalue weighted by atomic mass is 35.5. The summed E-state index contributed by atoms with van der Waals surface area (Å²) in [5, 5.41) is 8.83. The zero-order chi connectivity index (χ0) is 24.2. The highest BCUT2D eigenvalue weighted by Crippen LogP contribution is 2.44. The Morgan fingerprint density at radius 1 is 1.11 bits per heavy atom. The van der Waals surface area contributed by atoms with Gasteiger partial charge in [0.25, 0.3) is 0 Å². The molecule has 6 rings (SSSR count). The van der Waals surface area contributed by atoms with Crippen LogP contribution in [0.2, 0.25) is 5.02 Å². The van der Waals surface area contributed by atoms with Crippen molar-refractivity contribution >= 4 is 17.6 Å². The topological polar surface area (TPSA) is 63.1 Å². The van der Waals surface area contributed by atoms with E-state index in [-0.39, 0.29) is 11.4 Å². The number of benzene rings is 1. The lowest BCUT2D eigenvalue weighted by Crippen LogP contribution is -2.48. The number of likely N-dealkylation sites (tertiary alicyclic amines) is 1. The van der Waals surface area contributed by atoms with Crippen LogP contribution < -0.4 is 5.32 Å². The average Bonchev–Trinajstić information content (AvgIpc) is 3.55. The first-order valence-corrected chi connectivity index (χ1v) is 13.1. The first-order valence-electron chi connectivity index (χ1n) is 12.7. The molecule has 1 unspecified atom stereocenters. The standard InChI is InChI=1S/C28H32ClN5O/c1-27(2,21-8-4-5-9-22(21)29)31-26(35)33-13-11-28(18-33)12-14-34-25(28)16-24(32-34)20-15-19-7-3-6-10-23(19)30-17-20/h4-5,8-9,15-17H,3,6-7,10-14,18H2,1-2H3,(H,31,35). The molecule has 1 spiro atoms. The Labute approximate surface area is 211 Å². The molecule has 1 fully saturated rings. The number of amides is 2. The second-order valence-corrected chi connectivity index (χ2v) is 11.3. The van der Waals surface area contributed by atoms with Crippen LogP contribution in [0, 0.1) is 0 Å². The molecule has 2 amide bonds. The fourth-order valence-electron chi connectivity index (χ4n) is 6.17. The SMILES string of the molecule is CC(C)(NC(=O)N1CCC2(CCn3nc(-c4cnc5c(c4)CCCC5)cc32)C1)c1ccccc1Cl. The van der Waals surface area contributed by atoms with E-state index in [4.69, 9.17) is 21.7 Å². The van der Waals surface area contributed by atoms with Gasteiger partial charge in [0.2, 0.25) is 0 Å². The number of carbonyl (C=O) groups excluding carboxylic acids is 1. The quantitative estimate of drug-likeness (QED) is 0.530.